The predicted molar refractivity (Wildman–Crippen MR) is 76.4 cm³/mol. The lowest BCUT2D eigenvalue weighted by Crippen LogP contribution is -2.31. The Balaban J connectivity index is 1.67. The molecule has 0 aliphatic heterocycles. The molecule has 0 fully saturated rings. The predicted octanol–water partition coefficient (Wildman–Crippen LogP) is 1.31. The zero-order valence-corrected chi connectivity index (χ0v) is 11.5. The normalized spacial score (nSPS) is 12.1. The van der Waals surface area contributed by atoms with Crippen molar-refractivity contribution in [3.05, 3.63) is 53.9 Å². The fraction of sp³-hybridized carbons (Fsp3) is 0.333. The van der Waals surface area contributed by atoms with Gasteiger partial charge in [-0.25, -0.2) is 0 Å². The summed E-state index contributed by atoms with van der Waals surface area (Å²) in [5, 5.41) is 20.7. The summed E-state index contributed by atoms with van der Waals surface area (Å²) in [4.78, 5) is 0. The monoisotopic (exact) mass is 273 g/mol. The van der Waals surface area contributed by atoms with E-state index in [1.807, 2.05) is 43.3 Å². The first-order valence-corrected chi connectivity index (χ1v) is 6.59. The van der Waals surface area contributed by atoms with Gasteiger partial charge in [0.15, 0.2) is 0 Å². The first-order valence-electron chi connectivity index (χ1n) is 6.59. The number of hydrogen-bond donors (Lipinski definition) is 2. The molecule has 0 saturated carbocycles. The number of aliphatic hydroxyl groups is 1. The molecule has 1 aromatic carbocycles. The van der Waals surface area contributed by atoms with Gasteiger partial charge in [-0.3, -0.25) is 0 Å². The first kappa shape index (κ1) is 14.4. The smallest absolute Gasteiger partial charge is 0.119 e. The summed E-state index contributed by atoms with van der Waals surface area (Å²) in [6, 6.07) is 11.5. The lowest BCUT2D eigenvalue weighted by atomic mass is 10.2. The fourth-order valence-corrected chi connectivity index (χ4v) is 1.75. The quantitative estimate of drug-likeness (QED) is 0.796. The van der Waals surface area contributed by atoms with Crippen LogP contribution in [0.25, 0.3) is 0 Å². The Kier molecular flexibility index (Phi) is 5.46. The molecule has 0 spiro atoms. The number of aliphatic hydroxyl groups excluding tert-OH is 1. The third kappa shape index (κ3) is 4.95. The highest BCUT2D eigenvalue weighted by Crippen LogP contribution is 2.12. The van der Waals surface area contributed by atoms with Crippen LogP contribution in [0.4, 0.5) is 0 Å². The van der Waals surface area contributed by atoms with Crippen LogP contribution in [0.1, 0.15) is 11.3 Å². The van der Waals surface area contributed by atoms with E-state index in [9.17, 15) is 5.11 Å². The van der Waals surface area contributed by atoms with E-state index in [-0.39, 0.29) is 6.61 Å². The van der Waals surface area contributed by atoms with Gasteiger partial charge in [0.1, 0.15) is 18.5 Å². The number of ether oxygens (including phenoxy) is 1. The highest BCUT2D eigenvalue weighted by Gasteiger charge is 2.05. The standard InChI is InChI=1S/C15H19N3O2/c1-12-4-2-6-15(8-12)20-11-14(19)10-16-9-13-5-3-7-17-18-13/h2-8,14,16,19H,9-11H2,1H3. The van der Waals surface area contributed by atoms with Crippen LogP contribution in [-0.4, -0.2) is 34.6 Å². The van der Waals surface area contributed by atoms with Gasteiger partial charge < -0.3 is 15.2 Å². The highest BCUT2D eigenvalue weighted by atomic mass is 16.5. The van der Waals surface area contributed by atoms with E-state index in [4.69, 9.17) is 4.74 Å². The molecular formula is C15H19N3O2. The third-order valence-electron chi connectivity index (χ3n) is 2.75. The van der Waals surface area contributed by atoms with Crippen LogP contribution < -0.4 is 10.1 Å². The Morgan fingerprint density at radius 2 is 2.20 bits per heavy atom. The maximum atomic E-state index is 9.83. The molecule has 5 heteroatoms. The van der Waals surface area contributed by atoms with Gasteiger partial charge in [-0.2, -0.15) is 10.2 Å². The van der Waals surface area contributed by atoms with Crippen LogP contribution in [0.5, 0.6) is 5.75 Å². The summed E-state index contributed by atoms with van der Waals surface area (Å²) in [7, 11) is 0. The molecule has 0 amide bonds. The van der Waals surface area contributed by atoms with Gasteiger partial charge in [-0.15, -0.1) is 0 Å². The molecule has 0 radical (unpaired) electrons. The zero-order valence-electron chi connectivity index (χ0n) is 11.5. The minimum Gasteiger partial charge on any atom is -0.491 e. The number of nitrogens with zero attached hydrogens (tertiary/aromatic N) is 2. The van der Waals surface area contributed by atoms with Gasteiger partial charge in [0.25, 0.3) is 0 Å². The molecule has 1 heterocycles. The average Bonchev–Trinajstić information content (AvgIpc) is 2.46. The van der Waals surface area contributed by atoms with E-state index in [2.05, 4.69) is 15.5 Å². The highest BCUT2D eigenvalue weighted by molar-refractivity contribution is 5.27. The second kappa shape index (κ2) is 7.57. The van der Waals surface area contributed by atoms with Crippen LogP contribution in [0.3, 0.4) is 0 Å². The number of nitrogens with one attached hydrogen (secondary N) is 1. The number of benzene rings is 1. The Morgan fingerprint density at radius 1 is 1.30 bits per heavy atom. The van der Waals surface area contributed by atoms with Crippen molar-refractivity contribution in [3.8, 4) is 5.75 Å². The van der Waals surface area contributed by atoms with Gasteiger partial charge in [0.2, 0.25) is 0 Å². The molecule has 106 valence electrons. The largest absolute Gasteiger partial charge is 0.491 e. The van der Waals surface area contributed by atoms with Crippen LogP contribution in [0.2, 0.25) is 0 Å². The summed E-state index contributed by atoms with van der Waals surface area (Å²) in [5.74, 6) is 0.776. The first-order chi connectivity index (χ1) is 9.74. The summed E-state index contributed by atoms with van der Waals surface area (Å²) < 4.78 is 5.53. The molecule has 2 N–H and O–H groups in total. The van der Waals surface area contributed by atoms with Crippen molar-refractivity contribution in [2.45, 2.75) is 19.6 Å². The molecule has 2 rings (SSSR count). The lowest BCUT2D eigenvalue weighted by Gasteiger charge is -2.13. The van der Waals surface area contributed by atoms with Gasteiger partial charge >= 0.3 is 0 Å². The minimum atomic E-state index is -0.563. The maximum absolute atomic E-state index is 9.83. The van der Waals surface area contributed by atoms with Crippen molar-refractivity contribution in [2.75, 3.05) is 13.2 Å². The van der Waals surface area contributed by atoms with Crippen LogP contribution in [0, 0.1) is 6.92 Å². The van der Waals surface area contributed by atoms with Crippen molar-refractivity contribution in [2.24, 2.45) is 0 Å². The van der Waals surface area contributed by atoms with E-state index in [0.717, 1.165) is 17.0 Å². The van der Waals surface area contributed by atoms with Gasteiger partial charge in [0.05, 0.1) is 5.69 Å². The minimum absolute atomic E-state index is 0.261. The van der Waals surface area contributed by atoms with Crippen LogP contribution >= 0.6 is 0 Å². The van der Waals surface area contributed by atoms with Gasteiger partial charge in [0, 0.05) is 19.3 Å². The SMILES string of the molecule is Cc1cccc(OCC(O)CNCc2cccnn2)c1. The van der Waals surface area contributed by atoms with Crippen molar-refractivity contribution >= 4 is 0 Å². The Labute approximate surface area is 118 Å². The molecule has 0 bridgehead atoms. The molecule has 0 aliphatic rings. The third-order valence-corrected chi connectivity index (χ3v) is 2.75. The summed E-state index contributed by atoms with van der Waals surface area (Å²) in [6.45, 7) is 3.29. The topological polar surface area (TPSA) is 67.3 Å². The molecule has 1 atom stereocenters. The zero-order chi connectivity index (χ0) is 14.2. The lowest BCUT2D eigenvalue weighted by molar-refractivity contribution is 0.106. The molecule has 1 aromatic heterocycles. The Hall–Kier alpha value is -1.98. The summed E-state index contributed by atoms with van der Waals surface area (Å²) >= 11 is 0. The maximum Gasteiger partial charge on any atom is 0.119 e. The van der Waals surface area contributed by atoms with Gasteiger partial charge in [-0.1, -0.05) is 12.1 Å². The Bertz CT molecular complexity index is 520. The van der Waals surface area contributed by atoms with E-state index >= 15 is 0 Å². The van der Waals surface area contributed by atoms with Crippen molar-refractivity contribution in [1.82, 2.24) is 15.5 Å². The van der Waals surface area contributed by atoms with Crippen molar-refractivity contribution in [1.29, 1.82) is 0 Å². The van der Waals surface area contributed by atoms with E-state index in [1.165, 1.54) is 0 Å². The molecule has 1 unspecified atom stereocenters. The van der Waals surface area contributed by atoms with Crippen LogP contribution in [0.15, 0.2) is 42.6 Å². The molecule has 0 saturated heterocycles. The van der Waals surface area contributed by atoms with E-state index < -0.39 is 6.10 Å². The number of aryl methyl sites for hydroxylation is 1. The van der Waals surface area contributed by atoms with Crippen molar-refractivity contribution < 1.29 is 9.84 Å². The summed E-state index contributed by atoms with van der Waals surface area (Å²) in [5.41, 5.74) is 1.98. The molecule has 2 aromatic rings. The fourth-order valence-electron chi connectivity index (χ4n) is 1.75. The van der Waals surface area contributed by atoms with E-state index in [1.54, 1.807) is 6.20 Å². The molecule has 20 heavy (non-hydrogen) atoms. The average molecular weight is 273 g/mol. The summed E-state index contributed by atoms with van der Waals surface area (Å²) in [6.07, 6.45) is 1.07. The molecular weight excluding hydrogens is 254 g/mol. The van der Waals surface area contributed by atoms with Gasteiger partial charge in [-0.05, 0) is 36.8 Å². The number of rotatable bonds is 7. The second-order valence-corrected chi connectivity index (χ2v) is 4.63. The second-order valence-electron chi connectivity index (χ2n) is 4.63. The van der Waals surface area contributed by atoms with Crippen molar-refractivity contribution in [3.63, 3.8) is 0 Å². The number of aromatic nitrogens is 2. The number of hydrogen-bond acceptors (Lipinski definition) is 5. The molecule has 5 nitrogen and oxygen atoms in total. The van der Waals surface area contributed by atoms with Crippen LogP contribution in [-0.2, 0) is 6.54 Å². The molecule has 0 aliphatic carbocycles. The van der Waals surface area contributed by atoms with E-state index in [0.29, 0.717) is 13.1 Å². The Morgan fingerprint density at radius 3 is 2.95 bits per heavy atom.